The van der Waals surface area contributed by atoms with Crippen LogP contribution in [0.3, 0.4) is 0 Å². The molecule has 0 spiro atoms. The molecule has 0 bridgehead atoms. The SMILES string of the molecule is COc1c(Cl)cc(C=NNC(=O)c2cccnc2Cl)cc1Cl. The van der Waals surface area contributed by atoms with Crippen molar-refractivity contribution in [1.29, 1.82) is 0 Å². The van der Waals surface area contributed by atoms with Crippen LogP contribution in [0, 0.1) is 0 Å². The van der Waals surface area contributed by atoms with Crippen LogP contribution in [0.25, 0.3) is 0 Å². The van der Waals surface area contributed by atoms with Gasteiger partial charge in [0, 0.05) is 6.20 Å². The molecule has 1 N–H and O–H groups in total. The fourth-order valence-electron chi connectivity index (χ4n) is 1.63. The number of carbonyl (C=O) groups excluding carboxylic acids is 1. The van der Waals surface area contributed by atoms with Crippen molar-refractivity contribution in [1.82, 2.24) is 10.4 Å². The highest BCUT2D eigenvalue weighted by atomic mass is 35.5. The summed E-state index contributed by atoms with van der Waals surface area (Å²) in [5.74, 6) is -0.0910. The summed E-state index contributed by atoms with van der Waals surface area (Å²) in [6, 6.07) is 6.37. The first-order chi connectivity index (χ1) is 10.5. The number of nitrogens with zero attached hydrogens (tertiary/aromatic N) is 2. The Kier molecular flexibility index (Phi) is 5.60. The molecule has 0 unspecified atom stereocenters. The van der Waals surface area contributed by atoms with E-state index in [1.54, 1.807) is 24.3 Å². The van der Waals surface area contributed by atoms with Crippen LogP contribution in [-0.4, -0.2) is 24.2 Å². The van der Waals surface area contributed by atoms with Crippen molar-refractivity contribution in [2.24, 2.45) is 5.10 Å². The van der Waals surface area contributed by atoms with Crippen molar-refractivity contribution in [2.45, 2.75) is 0 Å². The number of methoxy groups -OCH3 is 1. The average Bonchev–Trinajstić information content (AvgIpc) is 2.47. The van der Waals surface area contributed by atoms with Gasteiger partial charge in [-0.3, -0.25) is 4.79 Å². The minimum absolute atomic E-state index is 0.103. The molecular weight excluding hydrogens is 349 g/mol. The Morgan fingerprint density at radius 3 is 2.59 bits per heavy atom. The van der Waals surface area contributed by atoms with Crippen LogP contribution in [-0.2, 0) is 0 Å². The van der Waals surface area contributed by atoms with Gasteiger partial charge < -0.3 is 4.74 Å². The van der Waals surface area contributed by atoms with Crippen LogP contribution in [0.2, 0.25) is 15.2 Å². The predicted molar refractivity (Wildman–Crippen MR) is 87.3 cm³/mol. The second-order valence-corrected chi connectivity index (χ2v) is 5.23. The maximum atomic E-state index is 11.9. The van der Waals surface area contributed by atoms with Crippen LogP contribution in [0.4, 0.5) is 0 Å². The second kappa shape index (κ2) is 7.45. The number of carbonyl (C=O) groups is 1. The molecule has 0 aliphatic heterocycles. The van der Waals surface area contributed by atoms with Gasteiger partial charge in [0.05, 0.1) is 28.9 Å². The van der Waals surface area contributed by atoms with Gasteiger partial charge in [0.1, 0.15) is 5.15 Å². The molecule has 0 radical (unpaired) electrons. The van der Waals surface area contributed by atoms with Gasteiger partial charge in [-0.1, -0.05) is 34.8 Å². The normalized spacial score (nSPS) is 10.7. The summed E-state index contributed by atoms with van der Waals surface area (Å²) in [4.78, 5) is 15.7. The Labute approximate surface area is 141 Å². The average molecular weight is 359 g/mol. The fourth-order valence-corrected chi connectivity index (χ4v) is 2.49. The molecule has 0 fully saturated rings. The Hall–Kier alpha value is -1.82. The number of amides is 1. The fraction of sp³-hybridized carbons (Fsp3) is 0.0714. The molecule has 0 saturated carbocycles. The highest BCUT2D eigenvalue weighted by Crippen LogP contribution is 2.33. The monoisotopic (exact) mass is 357 g/mol. The van der Waals surface area contributed by atoms with Gasteiger partial charge in [0.2, 0.25) is 0 Å². The van der Waals surface area contributed by atoms with Gasteiger partial charge in [-0.15, -0.1) is 0 Å². The van der Waals surface area contributed by atoms with Crippen molar-refractivity contribution in [3.8, 4) is 5.75 Å². The van der Waals surface area contributed by atoms with E-state index in [4.69, 9.17) is 39.5 Å². The van der Waals surface area contributed by atoms with Crippen LogP contribution < -0.4 is 10.2 Å². The molecule has 0 aliphatic carbocycles. The first-order valence-electron chi connectivity index (χ1n) is 6.00. The van der Waals surface area contributed by atoms with E-state index in [0.717, 1.165) is 0 Å². The third kappa shape index (κ3) is 3.88. The smallest absolute Gasteiger partial charge is 0.274 e. The lowest BCUT2D eigenvalue weighted by atomic mass is 10.2. The van der Waals surface area contributed by atoms with E-state index < -0.39 is 5.91 Å². The van der Waals surface area contributed by atoms with E-state index in [1.807, 2.05) is 0 Å². The zero-order valence-corrected chi connectivity index (χ0v) is 13.6. The van der Waals surface area contributed by atoms with Gasteiger partial charge in [-0.2, -0.15) is 5.10 Å². The van der Waals surface area contributed by atoms with Crippen LogP contribution in [0.5, 0.6) is 5.75 Å². The molecule has 1 amide bonds. The molecule has 2 rings (SSSR count). The summed E-state index contributed by atoms with van der Waals surface area (Å²) in [5.41, 5.74) is 3.18. The van der Waals surface area contributed by atoms with Gasteiger partial charge in [0.15, 0.2) is 5.75 Å². The highest BCUT2D eigenvalue weighted by Gasteiger charge is 2.10. The van der Waals surface area contributed by atoms with Crippen molar-refractivity contribution in [3.63, 3.8) is 0 Å². The van der Waals surface area contributed by atoms with E-state index in [9.17, 15) is 4.79 Å². The van der Waals surface area contributed by atoms with E-state index in [1.165, 1.54) is 19.5 Å². The Morgan fingerprint density at radius 1 is 1.32 bits per heavy atom. The summed E-state index contributed by atoms with van der Waals surface area (Å²) in [7, 11) is 1.47. The molecular formula is C14H10Cl3N3O2. The minimum atomic E-state index is -0.472. The van der Waals surface area contributed by atoms with Crippen molar-refractivity contribution in [2.75, 3.05) is 7.11 Å². The molecule has 114 valence electrons. The number of rotatable bonds is 4. The molecule has 1 aromatic carbocycles. The van der Waals surface area contributed by atoms with E-state index >= 15 is 0 Å². The van der Waals surface area contributed by atoms with Crippen molar-refractivity contribution in [3.05, 3.63) is 56.8 Å². The molecule has 0 atom stereocenters. The van der Waals surface area contributed by atoms with Gasteiger partial charge in [-0.05, 0) is 29.8 Å². The number of benzene rings is 1. The maximum Gasteiger partial charge on any atom is 0.274 e. The quantitative estimate of drug-likeness (QED) is 0.513. The predicted octanol–water partition coefficient (Wildman–Crippen LogP) is 3.81. The molecule has 2 aromatic rings. The number of ether oxygens (including phenoxy) is 1. The van der Waals surface area contributed by atoms with E-state index in [0.29, 0.717) is 21.4 Å². The minimum Gasteiger partial charge on any atom is -0.494 e. The second-order valence-electron chi connectivity index (χ2n) is 4.06. The van der Waals surface area contributed by atoms with Gasteiger partial charge >= 0.3 is 0 Å². The lowest BCUT2D eigenvalue weighted by molar-refractivity contribution is 0.0955. The van der Waals surface area contributed by atoms with E-state index in [-0.39, 0.29) is 10.7 Å². The number of aromatic nitrogens is 1. The molecule has 1 heterocycles. The summed E-state index contributed by atoms with van der Waals surface area (Å²) in [6.45, 7) is 0. The molecule has 5 nitrogen and oxygen atoms in total. The maximum absolute atomic E-state index is 11.9. The number of nitrogens with one attached hydrogen (secondary N) is 1. The number of hydrazone groups is 1. The Balaban J connectivity index is 2.10. The summed E-state index contributed by atoms with van der Waals surface area (Å²) < 4.78 is 5.04. The van der Waals surface area contributed by atoms with E-state index in [2.05, 4.69) is 15.5 Å². The first-order valence-corrected chi connectivity index (χ1v) is 7.13. The first kappa shape index (κ1) is 16.5. The van der Waals surface area contributed by atoms with Crippen molar-refractivity contribution < 1.29 is 9.53 Å². The van der Waals surface area contributed by atoms with Crippen LogP contribution in [0.1, 0.15) is 15.9 Å². The summed E-state index contributed by atoms with van der Waals surface area (Å²) in [5, 5.41) is 4.62. The van der Waals surface area contributed by atoms with Gasteiger partial charge in [0.25, 0.3) is 5.91 Å². The molecule has 0 saturated heterocycles. The third-order valence-corrected chi connectivity index (χ3v) is 3.47. The zero-order valence-electron chi connectivity index (χ0n) is 11.3. The lowest BCUT2D eigenvalue weighted by Crippen LogP contribution is -2.18. The molecule has 1 aromatic heterocycles. The number of hydrogen-bond donors (Lipinski definition) is 1. The number of hydrogen-bond acceptors (Lipinski definition) is 4. The third-order valence-electron chi connectivity index (χ3n) is 2.61. The lowest BCUT2D eigenvalue weighted by Gasteiger charge is -2.06. The van der Waals surface area contributed by atoms with Gasteiger partial charge in [-0.25, -0.2) is 10.4 Å². The Bertz CT molecular complexity index is 712. The highest BCUT2D eigenvalue weighted by molar-refractivity contribution is 6.37. The molecule has 0 aliphatic rings. The van der Waals surface area contributed by atoms with Crippen LogP contribution in [0.15, 0.2) is 35.6 Å². The summed E-state index contributed by atoms with van der Waals surface area (Å²) in [6.07, 6.45) is 2.89. The zero-order chi connectivity index (χ0) is 16.1. The van der Waals surface area contributed by atoms with Crippen LogP contribution >= 0.6 is 34.8 Å². The van der Waals surface area contributed by atoms with Crippen molar-refractivity contribution >= 4 is 46.9 Å². The number of pyridine rings is 1. The topological polar surface area (TPSA) is 63.6 Å². The number of halogens is 3. The standard InChI is InChI=1S/C14H10Cl3N3O2/c1-22-12-10(15)5-8(6-11(12)16)7-19-20-14(21)9-3-2-4-18-13(9)17/h2-7H,1H3,(H,20,21). The Morgan fingerprint density at radius 2 is 2.00 bits per heavy atom. The molecule has 8 heteroatoms. The largest absolute Gasteiger partial charge is 0.494 e. The summed E-state index contributed by atoms with van der Waals surface area (Å²) >= 11 is 17.8. The molecule has 22 heavy (non-hydrogen) atoms.